The summed E-state index contributed by atoms with van der Waals surface area (Å²) in [6, 6.07) is 1.72. The van der Waals surface area contributed by atoms with Crippen molar-refractivity contribution in [2.75, 3.05) is 13.1 Å². The van der Waals surface area contributed by atoms with Crippen LogP contribution in [0.3, 0.4) is 0 Å². The minimum Gasteiger partial charge on any atom is -0.368 e. The van der Waals surface area contributed by atoms with Gasteiger partial charge in [0.25, 0.3) is 5.91 Å². The van der Waals surface area contributed by atoms with Crippen molar-refractivity contribution in [1.82, 2.24) is 24.4 Å². The minimum atomic E-state index is -0.388. The Morgan fingerprint density at radius 1 is 1.24 bits per heavy atom. The number of primary amides is 1. The maximum Gasteiger partial charge on any atom is 0.272 e. The third kappa shape index (κ3) is 3.84. The van der Waals surface area contributed by atoms with Crippen molar-refractivity contribution in [2.24, 2.45) is 5.73 Å². The van der Waals surface area contributed by atoms with Gasteiger partial charge in [0.05, 0.1) is 0 Å². The maximum absolute atomic E-state index is 12.7. The molecule has 8 nitrogen and oxygen atoms in total. The zero-order valence-corrected chi connectivity index (χ0v) is 14.5. The fraction of sp³-hybridized carbons (Fsp3) is 0.471. The van der Waals surface area contributed by atoms with Gasteiger partial charge in [-0.2, -0.15) is 0 Å². The van der Waals surface area contributed by atoms with Crippen LogP contribution in [0.15, 0.2) is 18.5 Å². The predicted molar refractivity (Wildman–Crippen MR) is 90.8 cm³/mol. The molecule has 0 saturated carbocycles. The fourth-order valence-corrected chi connectivity index (χ4v) is 3.31. The molecule has 8 heteroatoms. The first-order chi connectivity index (χ1) is 11.9. The van der Waals surface area contributed by atoms with Gasteiger partial charge in [0, 0.05) is 37.1 Å². The van der Waals surface area contributed by atoms with Crippen LogP contribution in [-0.4, -0.2) is 49.3 Å². The summed E-state index contributed by atoms with van der Waals surface area (Å²) in [4.78, 5) is 38.5. The molecule has 1 fully saturated rings. The predicted octanol–water partition coefficient (Wildman–Crippen LogP) is 0.795. The molecule has 25 heavy (non-hydrogen) atoms. The van der Waals surface area contributed by atoms with Crippen LogP contribution in [0.25, 0.3) is 0 Å². The molecule has 1 aliphatic rings. The number of amides is 2. The van der Waals surface area contributed by atoms with E-state index in [-0.39, 0.29) is 24.3 Å². The minimum absolute atomic E-state index is 0.0625. The van der Waals surface area contributed by atoms with Gasteiger partial charge in [0.15, 0.2) is 0 Å². The molecule has 2 N–H and O–H groups in total. The van der Waals surface area contributed by atoms with Crippen LogP contribution >= 0.6 is 0 Å². The Balaban J connectivity index is 1.67. The molecule has 2 aromatic rings. The van der Waals surface area contributed by atoms with Gasteiger partial charge in [-0.15, -0.1) is 0 Å². The molecular weight excluding hydrogens is 320 g/mol. The topological polar surface area (TPSA) is 107 Å². The van der Waals surface area contributed by atoms with E-state index in [0.717, 1.165) is 24.4 Å². The lowest BCUT2D eigenvalue weighted by Gasteiger charge is -2.31. The number of nitrogens with zero attached hydrogens (tertiary/aromatic N) is 5. The van der Waals surface area contributed by atoms with Gasteiger partial charge in [-0.05, 0) is 32.8 Å². The fourth-order valence-electron chi connectivity index (χ4n) is 3.31. The average molecular weight is 342 g/mol. The SMILES string of the molecule is Cc1cc(C(=O)N2CCC(c3nccn3CC(N)=O)CC2)nc(C)n1. The van der Waals surface area contributed by atoms with Gasteiger partial charge >= 0.3 is 0 Å². The van der Waals surface area contributed by atoms with E-state index in [4.69, 9.17) is 5.73 Å². The van der Waals surface area contributed by atoms with Crippen LogP contribution in [0.1, 0.15) is 46.6 Å². The molecule has 0 aromatic carbocycles. The van der Waals surface area contributed by atoms with Gasteiger partial charge in [-0.3, -0.25) is 9.59 Å². The second-order valence-corrected chi connectivity index (χ2v) is 6.39. The van der Waals surface area contributed by atoms with Gasteiger partial charge in [0.1, 0.15) is 23.9 Å². The van der Waals surface area contributed by atoms with Gasteiger partial charge in [0.2, 0.25) is 5.91 Å². The second-order valence-electron chi connectivity index (χ2n) is 6.39. The summed E-state index contributed by atoms with van der Waals surface area (Å²) in [7, 11) is 0. The van der Waals surface area contributed by atoms with E-state index in [1.807, 2.05) is 11.8 Å². The lowest BCUT2D eigenvalue weighted by molar-refractivity contribution is -0.118. The summed E-state index contributed by atoms with van der Waals surface area (Å²) in [6.45, 7) is 5.04. The van der Waals surface area contributed by atoms with Gasteiger partial charge in [-0.25, -0.2) is 15.0 Å². The first-order valence-electron chi connectivity index (χ1n) is 8.35. The van der Waals surface area contributed by atoms with Crippen LogP contribution in [0.4, 0.5) is 0 Å². The highest BCUT2D eigenvalue weighted by Crippen LogP contribution is 2.27. The summed E-state index contributed by atoms with van der Waals surface area (Å²) in [5.74, 6) is 1.23. The van der Waals surface area contributed by atoms with Gasteiger partial charge in [-0.1, -0.05) is 0 Å². The lowest BCUT2D eigenvalue weighted by atomic mass is 9.95. The van der Waals surface area contributed by atoms with E-state index < -0.39 is 0 Å². The highest BCUT2D eigenvalue weighted by Gasteiger charge is 2.27. The summed E-state index contributed by atoms with van der Waals surface area (Å²) in [5.41, 5.74) is 6.51. The van der Waals surface area contributed by atoms with Crippen LogP contribution < -0.4 is 5.73 Å². The number of likely N-dealkylation sites (tertiary alicyclic amines) is 1. The number of aromatic nitrogens is 4. The Bertz CT molecular complexity index is 772. The molecule has 3 rings (SSSR count). The molecule has 1 aliphatic heterocycles. The average Bonchev–Trinajstić information content (AvgIpc) is 3.00. The molecule has 132 valence electrons. The van der Waals surface area contributed by atoms with Crippen molar-refractivity contribution in [1.29, 1.82) is 0 Å². The molecule has 3 heterocycles. The number of carbonyl (C=O) groups excluding carboxylic acids is 2. The van der Waals surface area contributed by atoms with E-state index in [0.29, 0.717) is 24.6 Å². The lowest BCUT2D eigenvalue weighted by Crippen LogP contribution is -2.39. The van der Waals surface area contributed by atoms with Crippen LogP contribution in [0, 0.1) is 13.8 Å². The Labute approximate surface area is 146 Å². The van der Waals surface area contributed by atoms with Crippen molar-refractivity contribution in [2.45, 2.75) is 39.2 Å². The van der Waals surface area contributed by atoms with Crippen LogP contribution in [0.5, 0.6) is 0 Å². The molecule has 0 radical (unpaired) electrons. The summed E-state index contributed by atoms with van der Waals surface area (Å²) >= 11 is 0. The first-order valence-corrected chi connectivity index (χ1v) is 8.35. The van der Waals surface area contributed by atoms with Crippen molar-refractivity contribution >= 4 is 11.8 Å². The zero-order valence-electron chi connectivity index (χ0n) is 14.5. The molecule has 2 amide bonds. The van der Waals surface area contributed by atoms with E-state index in [1.165, 1.54) is 0 Å². The molecule has 0 spiro atoms. The number of aryl methyl sites for hydroxylation is 2. The third-order valence-corrected chi connectivity index (χ3v) is 4.41. The highest BCUT2D eigenvalue weighted by molar-refractivity contribution is 5.92. The molecule has 2 aromatic heterocycles. The number of imidazole rings is 1. The third-order valence-electron chi connectivity index (χ3n) is 4.41. The van der Waals surface area contributed by atoms with E-state index in [1.54, 1.807) is 30.0 Å². The normalized spacial score (nSPS) is 15.4. The Morgan fingerprint density at radius 3 is 2.60 bits per heavy atom. The largest absolute Gasteiger partial charge is 0.368 e. The van der Waals surface area contributed by atoms with E-state index in [2.05, 4.69) is 15.0 Å². The van der Waals surface area contributed by atoms with Crippen molar-refractivity contribution in [3.05, 3.63) is 41.5 Å². The maximum atomic E-state index is 12.7. The Morgan fingerprint density at radius 2 is 1.96 bits per heavy atom. The molecular formula is C17H22N6O2. The van der Waals surface area contributed by atoms with E-state index >= 15 is 0 Å². The Kier molecular flexibility index (Phi) is 4.78. The molecule has 0 aliphatic carbocycles. The summed E-state index contributed by atoms with van der Waals surface area (Å²) in [6.07, 6.45) is 5.04. The number of hydrogen-bond donors (Lipinski definition) is 1. The number of hydrogen-bond acceptors (Lipinski definition) is 5. The highest BCUT2D eigenvalue weighted by atomic mass is 16.2. The monoisotopic (exact) mass is 342 g/mol. The molecule has 0 atom stereocenters. The number of piperidine rings is 1. The molecule has 1 saturated heterocycles. The van der Waals surface area contributed by atoms with Gasteiger partial charge < -0.3 is 15.2 Å². The van der Waals surface area contributed by atoms with Crippen molar-refractivity contribution < 1.29 is 9.59 Å². The summed E-state index contributed by atoms with van der Waals surface area (Å²) in [5, 5.41) is 0. The number of rotatable bonds is 4. The van der Waals surface area contributed by atoms with Crippen LogP contribution in [0.2, 0.25) is 0 Å². The van der Waals surface area contributed by atoms with Crippen LogP contribution in [-0.2, 0) is 11.3 Å². The second kappa shape index (κ2) is 7.00. The first kappa shape index (κ1) is 17.1. The standard InChI is InChI=1S/C17H22N6O2/c1-11-9-14(21-12(2)20-11)17(25)22-6-3-13(4-7-22)16-19-5-8-23(16)10-15(18)24/h5,8-9,13H,3-4,6-7,10H2,1-2H3,(H2,18,24). The number of carbonyl (C=O) groups is 2. The molecule has 0 unspecified atom stereocenters. The van der Waals surface area contributed by atoms with Crippen molar-refractivity contribution in [3.8, 4) is 0 Å². The smallest absolute Gasteiger partial charge is 0.272 e. The van der Waals surface area contributed by atoms with Crippen molar-refractivity contribution in [3.63, 3.8) is 0 Å². The molecule has 0 bridgehead atoms. The zero-order chi connectivity index (χ0) is 18.0. The quantitative estimate of drug-likeness (QED) is 0.884. The Hall–Kier alpha value is -2.77. The van der Waals surface area contributed by atoms with E-state index in [9.17, 15) is 9.59 Å². The number of nitrogens with two attached hydrogens (primary N) is 1. The summed E-state index contributed by atoms with van der Waals surface area (Å²) < 4.78 is 1.79.